The van der Waals surface area contributed by atoms with E-state index >= 15 is 0 Å². The van der Waals surface area contributed by atoms with E-state index in [2.05, 4.69) is 61.6 Å². The molecule has 1 aliphatic rings. The quantitative estimate of drug-likeness (QED) is 0.495. The van der Waals surface area contributed by atoms with Crippen LogP contribution in [-0.4, -0.2) is 39.9 Å². The zero-order valence-corrected chi connectivity index (χ0v) is 19.6. The highest BCUT2D eigenvalue weighted by molar-refractivity contribution is 6.74. The monoisotopic (exact) mass is 392 g/mol. The van der Waals surface area contributed by atoms with E-state index in [1.54, 1.807) is 0 Å². The third-order valence-corrected chi connectivity index (χ3v) is 10.8. The number of hydrogen-bond donors (Lipinski definition) is 0. The van der Waals surface area contributed by atoms with Gasteiger partial charge in [0.05, 0.1) is 17.8 Å². The molecule has 0 aromatic heterocycles. The van der Waals surface area contributed by atoms with Crippen LogP contribution in [0.2, 0.25) is 18.1 Å². The van der Waals surface area contributed by atoms with Crippen molar-refractivity contribution in [3.05, 3.63) is 24.3 Å². The molecule has 0 spiro atoms. The summed E-state index contributed by atoms with van der Waals surface area (Å²) in [7, 11) is -2.00. The number of hydrogen-bond acceptors (Lipinski definition) is 4. The van der Waals surface area contributed by atoms with Crippen LogP contribution < -0.4 is 10.2 Å². The molecule has 0 radical (unpaired) electrons. The zero-order chi connectivity index (χ0) is 20.5. The van der Waals surface area contributed by atoms with Crippen LogP contribution in [0.25, 0.3) is 0 Å². The third-order valence-electron chi connectivity index (χ3n) is 6.23. The molecule has 0 aliphatic carbocycles. The molecule has 0 atom stereocenters. The normalized spacial score (nSPS) is 19.4. The first-order chi connectivity index (χ1) is 12.3. The van der Waals surface area contributed by atoms with E-state index in [-0.39, 0.29) is 23.4 Å². The van der Waals surface area contributed by atoms with Gasteiger partial charge in [0, 0.05) is 13.0 Å². The van der Waals surface area contributed by atoms with E-state index in [0.717, 1.165) is 24.2 Å². The second-order valence-corrected chi connectivity index (χ2v) is 14.8. The molecule has 0 bridgehead atoms. The first kappa shape index (κ1) is 22.5. The van der Waals surface area contributed by atoms with Gasteiger partial charge >= 0.3 is 7.12 Å². The Morgan fingerprint density at radius 1 is 0.926 bits per heavy atom. The Kier molecular flexibility index (Phi) is 6.57. The summed E-state index contributed by atoms with van der Waals surface area (Å²) in [5, 5.41) is 0.247. The van der Waals surface area contributed by atoms with Crippen LogP contribution >= 0.6 is 0 Å². The number of ether oxygens (including phenoxy) is 1. The van der Waals surface area contributed by atoms with Crippen LogP contribution in [0.15, 0.2) is 24.3 Å². The lowest BCUT2D eigenvalue weighted by Gasteiger charge is -2.36. The van der Waals surface area contributed by atoms with Gasteiger partial charge < -0.3 is 18.5 Å². The molecule has 0 amide bonds. The molecule has 1 fully saturated rings. The molecule has 4 nitrogen and oxygen atoms in total. The van der Waals surface area contributed by atoms with Crippen molar-refractivity contribution in [3.63, 3.8) is 0 Å². The summed E-state index contributed by atoms with van der Waals surface area (Å²) in [6.45, 7) is 21.0. The van der Waals surface area contributed by atoms with E-state index in [9.17, 15) is 0 Å². The highest BCUT2D eigenvalue weighted by Crippen LogP contribution is 2.37. The van der Waals surface area contributed by atoms with Crippen molar-refractivity contribution in [2.24, 2.45) is 0 Å². The summed E-state index contributed by atoms with van der Waals surface area (Å²) in [4.78, 5) is 0. The van der Waals surface area contributed by atoms with Crippen LogP contribution in [0.3, 0.4) is 0 Å². The summed E-state index contributed by atoms with van der Waals surface area (Å²) in [5.41, 5.74) is 0.371. The average Bonchev–Trinajstić information content (AvgIpc) is 2.74. The van der Waals surface area contributed by atoms with Gasteiger partial charge in [0.2, 0.25) is 0 Å². The zero-order valence-electron chi connectivity index (χ0n) is 18.6. The first-order valence-electron chi connectivity index (χ1n) is 9.98. The van der Waals surface area contributed by atoms with Crippen molar-refractivity contribution < 1.29 is 18.5 Å². The van der Waals surface area contributed by atoms with Crippen molar-refractivity contribution in [1.29, 1.82) is 0 Å². The standard InChI is InChI=1S/C21H37BO4Si/c1-19(2,3)27(8,9)24-16-10-15-23-18-13-11-17(12-14-18)22-25-20(4,5)21(6,7)26-22/h11-14H,10,15-16H2,1-9H3. The highest BCUT2D eigenvalue weighted by atomic mass is 28.4. The maximum absolute atomic E-state index is 6.18. The fourth-order valence-corrected chi connectivity index (χ4v) is 3.58. The molecule has 0 N–H and O–H groups in total. The summed E-state index contributed by atoms with van der Waals surface area (Å²) in [6.07, 6.45) is 0.894. The minimum absolute atomic E-state index is 0.247. The Balaban J connectivity index is 1.79. The lowest BCUT2D eigenvalue weighted by Crippen LogP contribution is -2.41. The van der Waals surface area contributed by atoms with Crippen molar-refractivity contribution in [3.8, 4) is 5.75 Å². The molecule has 1 saturated heterocycles. The van der Waals surface area contributed by atoms with Crippen LogP contribution in [0.1, 0.15) is 54.9 Å². The van der Waals surface area contributed by atoms with Gasteiger partial charge in [-0.2, -0.15) is 0 Å². The van der Waals surface area contributed by atoms with Gasteiger partial charge in [0.15, 0.2) is 8.32 Å². The molecule has 0 saturated carbocycles. The van der Waals surface area contributed by atoms with Gasteiger partial charge in [0.25, 0.3) is 0 Å². The topological polar surface area (TPSA) is 36.9 Å². The Bertz CT molecular complexity index is 604. The summed E-state index contributed by atoms with van der Waals surface area (Å²) in [5.74, 6) is 0.864. The fourth-order valence-electron chi connectivity index (χ4n) is 2.49. The van der Waals surface area contributed by atoms with Gasteiger partial charge in [-0.3, -0.25) is 0 Å². The maximum Gasteiger partial charge on any atom is 0.494 e. The van der Waals surface area contributed by atoms with E-state index in [1.807, 2.05) is 24.3 Å². The summed E-state index contributed by atoms with van der Waals surface area (Å²) >= 11 is 0. The third kappa shape index (κ3) is 5.37. The first-order valence-corrected chi connectivity index (χ1v) is 12.9. The molecule has 1 aromatic carbocycles. The second-order valence-electron chi connectivity index (χ2n) is 9.97. The van der Waals surface area contributed by atoms with Gasteiger partial charge in [-0.25, -0.2) is 0 Å². The fraction of sp³-hybridized carbons (Fsp3) is 0.714. The molecular formula is C21H37BO4Si. The van der Waals surface area contributed by atoms with Crippen LogP contribution in [-0.2, 0) is 13.7 Å². The van der Waals surface area contributed by atoms with Crippen molar-refractivity contribution in [1.82, 2.24) is 0 Å². The molecule has 1 aliphatic heterocycles. The Hall–Kier alpha value is -0.818. The van der Waals surface area contributed by atoms with Crippen molar-refractivity contribution in [2.75, 3.05) is 13.2 Å². The smallest absolute Gasteiger partial charge is 0.494 e. The Labute approximate surface area is 167 Å². The van der Waals surface area contributed by atoms with Gasteiger partial charge in [-0.1, -0.05) is 32.9 Å². The van der Waals surface area contributed by atoms with Gasteiger partial charge in [-0.05, 0) is 63.4 Å². The predicted molar refractivity (Wildman–Crippen MR) is 115 cm³/mol. The van der Waals surface area contributed by atoms with E-state index in [1.165, 1.54) is 0 Å². The molecular weight excluding hydrogens is 355 g/mol. The predicted octanol–water partition coefficient (Wildman–Crippen LogP) is 4.78. The molecule has 0 unspecified atom stereocenters. The SMILES string of the molecule is CC1(C)OB(c2ccc(OCCCO[Si](C)(C)C(C)(C)C)cc2)OC1(C)C. The average molecular weight is 392 g/mol. The minimum atomic E-state index is -1.66. The second kappa shape index (κ2) is 7.90. The lowest BCUT2D eigenvalue weighted by atomic mass is 9.79. The van der Waals surface area contributed by atoms with Crippen LogP contribution in [0, 0.1) is 0 Å². The van der Waals surface area contributed by atoms with E-state index < -0.39 is 8.32 Å². The molecule has 6 heteroatoms. The van der Waals surface area contributed by atoms with E-state index in [4.69, 9.17) is 18.5 Å². The Morgan fingerprint density at radius 2 is 1.44 bits per heavy atom. The Morgan fingerprint density at radius 3 is 1.93 bits per heavy atom. The van der Waals surface area contributed by atoms with Crippen LogP contribution in [0.5, 0.6) is 5.75 Å². The molecule has 152 valence electrons. The summed E-state index contributed by atoms with van der Waals surface area (Å²) in [6, 6.07) is 8.00. The summed E-state index contributed by atoms with van der Waals surface area (Å²) < 4.78 is 24.2. The number of benzene rings is 1. The maximum atomic E-state index is 6.18. The molecule has 2 rings (SSSR count). The van der Waals surface area contributed by atoms with Crippen molar-refractivity contribution >= 4 is 20.9 Å². The van der Waals surface area contributed by atoms with E-state index in [0.29, 0.717) is 6.61 Å². The largest absolute Gasteiger partial charge is 0.494 e. The van der Waals surface area contributed by atoms with Crippen molar-refractivity contribution in [2.45, 2.75) is 84.2 Å². The van der Waals surface area contributed by atoms with Gasteiger partial charge in [0.1, 0.15) is 5.75 Å². The van der Waals surface area contributed by atoms with Gasteiger partial charge in [-0.15, -0.1) is 0 Å². The number of rotatable bonds is 7. The minimum Gasteiger partial charge on any atom is -0.494 e. The molecule has 1 aromatic rings. The lowest BCUT2D eigenvalue weighted by molar-refractivity contribution is 0.00578. The van der Waals surface area contributed by atoms with Crippen LogP contribution in [0.4, 0.5) is 0 Å². The highest BCUT2D eigenvalue weighted by Gasteiger charge is 2.51. The molecule has 27 heavy (non-hydrogen) atoms. The molecule has 1 heterocycles.